The van der Waals surface area contributed by atoms with Crippen molar-refractivity contribution in [2.45, 2.75) is 40.5 Å². The molecular formula is C29H30N2O2. The van der Waals surface area contributed by atoms with Gasteiger partial charge in [-0.15, -0.1) is 0 Å². The van der Waals surface area contributed by atoms with Crippen LogP contribution < -0.4 is 10.1 Å². The third kappa shape index (κ3) is 4.47. The minimum atomic E-state index is -0.118. The molecule has 0 saturated heterocycles. The van der Waals surface area contributed by atoms with Crippen LogP contribution >= 0.6 is 0 Å². The number of benzene rings is 3. The number of methoxy groups -OCH3 is 1. The molecule has 0 fully saturated rings. The third-order valence-electron chi connectivity index (χ3n) is 6.10. The Morgan fingerprint density at radius 1 is 0.939 bits per heavy atom. The number of hydrogen-bond acceptors (Lipinski definition) is 3. The van der Waals surface area contributed by atoms with E-state index in [0.29, 0.717) is 5.56 Å². The van der Waals surface area contributed by atoms with Gasteiger partial charge in [0.15, 0.2) is 0 Å². The van der Waals surface area contributed by atoms with Crippen molar-refractivity contribution in [2.24, 2.45) is 0 Å². The van der Waals surface area contributed by atoms with Gasteiger partial charge in [-0.2, -0.15) is 0 Å². The van der Waals surface area contributed by atoms with Crippen LogP contribution in [-0.4, -0.2) is 18.0 Å². The zero-order valence-electron chi connectivity index (χ0n) is 20.0. The molecule has 4 rings (SSSR count). The number of ether oxygens (including phenoxy) is 1. The lowest BCUT2D eigenvalue weighted by molar-refractivity contribution is 0.102. The Morgan fingerprint density at radius 3 is 2.30 bits per heavy atom. The van der Waals surface area contributed by atoms with Crippen molar-refractivity contribution in [1.29, 1.82) is 0 Å². The van der Waals surface area contributed by atoms with Gasteiger partial charge in [0.2, 0.25) is 0 Å². The lowest BCUT2D eigenvalue weighted by Gasteiger charge is -2.17. The summed E-state index contributed by atoms with van der Waals surface area (Å²) in [6, 6.07) is 20.0. The molecule has 0 saturated carbocycles. The molecule has 1 N–H and O–H groups in total. The number of carbonyl (C=O) groups is 1. The topological polar surface area (TPSA) is 51.2 Å². The van der Waals surface area contributed by atoms with Gasteiger partial charge in [-0.05, 0) is 67.6 Å². The summed E-state index contributed by atoms with van der Waals surface area (Å²) >= 11 is 0. The SMILES string of the molecule is CCc1cccc(CC)c1NC(=O)c1cc(-c2cccc(OC)c2)nc2c(C)cc(C)cc12. The van der Waals surface area contributed by atoms with E-state index in [1.54, 1.807) is 7.11 Å². The normalized spacial score (nSPS) is 10.9. The zero-order valence-corrected chi connectivity index (χ0v) is 20.0. The molecule has 33 heavy (non-hydrogen) atoms. The van der Waals surface area contributed by atoms with Crippen LogP contribution in [0.1, 0.15) is 46.5 Å². The standard InChI is InChI=1S/C29H30N2O2/c1-6-20-10-8-11-21(7-2)28(20)31-29(32)25-17-26(22-12-9-13-23(16-22)33-5)30-27-19(4)14-18(3)15-24(25)27/h8-17H,6-7H2,1-5H3,(H,31,32). The summed E-state index contributed by atoms with van der Waals surface area (Å²) in [4.78, 5) is 18.7. The molecule has 0 atom stereocenters. The smallest absolute Gasteiger partial charge is 0.256 e. The first-order chi connectivity index (χ1) is 15.9. The second-order valence-electron chi connectivity index (χ2n) is 8.38. The van der Waals surface area contributed by atoms with Crippen molar-refractivity contribution in [3.63, 3.8) is 0 Å². The molecule has 1 heterocycles. The second-order valence-corrected chi connectivity index (χ2v) is 8.38. The van der Waals surface area contributed by atoms with E-state index in [9.17, 15) is 4.79 Å². The molecule has 4 nitrogen and oxygen atoms in total. The maximum Gasteiger partial charge on any atom is 0.256 e. The van der Waals surface area contributed by atoms with Gasteiger partial charge in [0.05, 0.1) is 23.9 Å². The Hall–Kier alpha value is -3.66. The predicted molar refractivity (Wildman–Crippen MR) is 136 cm³/mol. The molecule has 0 aliphatic heterocycles. The maximum absolute atomic E-state index is 13.7. The molecular weight excluding hydrogens is 408 g/mol. The fraction of sp³-hybridized carbons (Fsp3) is 0.241. The summed E-state index contributed by atoms with van der Waals surface area (Å²) in [5.41, 5.74) is 8.47. The van der Waals surface area contributed by atoms with Crippen LogP contribution in [0.25, 0.3) is 22.2 Å². The van der Waals surface area contributed by atoms with Crippen LogP contribution in [-0.2, 0) is 12.8 Å². The van der Waals surface area contributed by atoms with E-state index in [1.807, 2.05) is 50.2 Å². The first kappa shape index (κ1) is 22.5. The van der Waals surface area contributed by atoms with E-state index >= 15 is 0 Å². The van der Waals surface area contributed by atoms with Crippen molar-refractivity contribution in [3.05, 3.63) is 88.5 Å². The molecule has 168 valence electrons. The van der Waals surface area contributed by atoms with Gasteiger partial charge in [-0.1, -0.05) is 55.8 Å². The number of anilines is 1. The van der Waals surface area contributed by atoms with E-state index in [2.05, 4.69) is 43.4 Å². The Bertz CT molecular complexity index is 1320. The molecule has 0 aliphatic carbocycles. The number of aromatic nitrogens is 1. The highest BCUT2D eigenvalue weighted by Gasteiger charge is 2.18. The van der Waals surface area contributed by atoms with Crippen LogP contribution in [0.5, 0.6) is 5.75 Å². The van der Waals surface area contributed by atoms with Crippen molar-refractivity contribution in [2.75, 3.05) is 12.4 Å². The molecule has 0 bridgehead atoms. The third-order valence-corrected chi connectivity index (χ3v) is 6.10. The van der Waals surface area contributed by atoms with Gasteiger partial charge < -0.3 is 10.1 Å². The molecule has 4 aromatic rings. The molecule has 1 aromatic heterocycles. The van der Waals surface area contributed by atoms with Gasteiger partial charge in [-0.25, -0.2) is 4.98 Å². The Labute approximate surface area is 195 Å². The molecule has 4 heteroatoms. The van der Waals surface area contributed by atoms with Crippen LogP contribution in [0.3, 0.4) is 0 Å². The number of nitrogens with zero attached hydrogens (tertiary/aromatic N) is 1. The molecule has 0 radical (unpaired) electrons. The number of amides is 1. The van der Waals surface area contributed by atoms with Crippen LogP contribution in [0.15, 0.2) is 60.7 Å². The summed E-state index contributed by atoms with van der Waals surface area (Å²) in [6.45, 7) is 8.31. The van der Waals surface area contributed by atoms with Gasteiger partial charge in [0.1, 0.15) is 5.75 Å². The minimum absolute atomic E-state index is 0.118. The van der Waals surface area contributed by atoms with E-state index in [4.69, 9.17) is 9.72 Å². The van der Waals surface area contributed by atoms with Crippen molar-refractivity contribution in [3.8, 4) is 17.0 Å². The maximum atomic E-state index is 13.7. The molecule has 0 unspecified atom stereocenters. The first-order valence-corrected chi connectivity index (χ1v) is 11.4. The van der Waals surface area contributed by atoms with Crippen LogP contribution in [0, 0.1) is 13.8 Å². The fourth-order valence-electron chi connectivity index (χ4n) is 4.38. The highest BCUT2D eigenvalue weighted by Crippen LogP contribution is 2.31. The second kappa shape index (κ2) is 9.45. The van der Waals surface area contributed by atoms with Gasteiger partial charge >= 0.3 is 0 Å². The van der Waals surface area contributed by atoms with Gasteiger partial charge in [0.25, 0.3) is 5.91 Å². The fourth-order valence-corrected chi connectivity index (χ4v) is 4.38. The summed E-state index contributed by atoms with van der Waals surface area (Å²) in [5, 5.41) is 4.10. The summed E-state index contributed by atoms with van der Waals surface area (Å²) < 4.78 is 5.40. The number of aryl methyl sites for hydroxylation is 4. The average Bonchev–Trinajstić information content (AvgIpc) is 2.83. The molecule has 0 aliphatic rings. The van der Waals surface area contributed by atoms with E-state index < -0.39 is 0 Å². The van der Waals surface area contributed by atoms with E-state index in [1.165, 1.54) is 0 Å². The van der Waals surface area contributed by atoms with E-state index in [-0.39, 0.29) is 5.91 Å². The van der Waals surface area contributed by atoms with E-state index in [0.717, 1.165) is 68.7 Å². The Morgan fingerprint density at radius 2 is 1.64 bits per heavy atom. The zero-order chi connectivity index (χ0) is 23.5. The first-order valence-electron chi connectivity index (χ1n) is 11.4. The highest BCUT2D eigenvalue weighted by molar-refractivity contribution is 6.14. The number of carbonyl (C=O) groups excluding carboxylic acids is 1. The van der Waals surface area contributed by atoms with Gasteiger partial charge in [-0.3, -0.25) is 4.79 Å². The van der Waals surface area contributed by atoms with Crippen molar-refractivity contribution in [1.82, 2.24) is 4.98 Å². The Kier molecular flexibility index (Phi) is 6.45. The minimum Gasteiger partial charge on any atom is -0.497 e. The number of rotatable bonds is 6. The lowest BCUT2D eigenvalue weighted by Crippen LogP contribution is -2.16. The summed E-state index contributed by atoms with van der Waals surface area (Å²) in [6.07, 6.45) is 1.71. The van der Waals surface area contributed by atoms with Crippen LogP contribution in [0.2, 0.25) is 0 Å². The number of pyridine rings is 1. The number of para-hydroxylation sites is 1. The van der Waals surface area contributed by atoms with Gasteiger partial charge in [0, 0.05) is 16.6 Å². The summed E-state index contributed by atoms with van der Waals surface area (Å²) in [7, 11) is 1.65. The molecule has 3 aromatic carbocycles. The largest absolute Gasteiger partial charge is 0.497 e. The summed E-state index contributed by atoms with van der Waals surface area (Å²) in [5.74, 6) is 0.637. The van der Waals surface area contributed by atoms with Crippen LogP contribution in [0.4, 0.5) is 5.69 Å². The quantitative estimate of drug-likeness (QED) is 0.356. The predicted octanol–water partition coefficient (Wildman–Crippen LogP) is 6.90. The van der Waals surface area contributed by atoms with Crippen molar-refractivity contribution >= 4 is 22.5 Å². The highest BCUT2D eigenvalue weighted by atomic mass is 16.5. The monoisotopic (exact) mass is 438 g/mol. The molecule has 1 amide bonds. The number of fused-ring (bicyclic) bond motifs is 1. The number of hydrogen-bond donors (Lipinski definition) is 1. The number of nitrogens with one attached hydrogen (secondary N) is 1. The average molecular weight is 439 g/mol. The molecule has 0 spiro atoms. The van der Waals surface area contributed by atoms with Crippen molar-refractivity contribution < 1.29 is 9.53 Å². The Balaban J connectivity index is 1.90. The lowest BCUT2D eigenvalue weighted by atomic mass is 9.98.